The molecule has 1 unspecified atom stereocenters. The van der Waals surface area contributed by atoms with Gasteiger partial charge in [-0.3, -0.25) is 4.79 Å². The molecule has 0 aromatic carbocycles. The van der Waals surface area contributed by atoms with Crippen molar-refractivity contribution >= 4 is 12.1 Å². The molecule has 6 heteroatoms. The SMILES string of the molecule is CC(C)(C)OC(=O)N1CC(C(=O)O)CC12CCOCC2. The average molecular weight is 285 g/mol. The molecule has 2 rings (SSSR count). The Bertz CT molecular complexity index is 395. The lowest BCUT2D eigenvalue weighted by Gasteiger charge is -2.41. The zero-order valence-corrected chi connectivity index (χ0v) is 12.3. The van der Waals surface area contributed by atoms with Crippen LogP contribution in [0.5, 0.6) is 0 Å². The third-order valence-corrected chi connectivity index (χ3v) is 3.99. The maximum atomic E-state index is 12.4. The fourth-order valence-corrected chi connectivity index (χ4v) is 3.02. The highest BCUT2D eigenvalue weighted by Crippen LogP contribution is 2.41. The standard InChI is InChI=1S/C14H23NO5/c1-13(2,3)20-12(18)15-9-10(11(16)17)8-14(15)4-6-19-7-5-14/h10H,4-9H2,1-3H3,(H,16,17). The first-order valence-corrected chi connectivity index (χ1v) is 7.05. The van der Waals surface area contributed by atoms with Crippen LogP contribution in [-0.4, -0.2) is 53.0 Å². The van der Waals surface area contributed by atoms with Crippen LogP contribution < -0.4 is 0 Å². The maximum absolute atomic E-state index is 12.4. The summed E-state index contributed by atoms with van der Waals surface area (Å²) in [7, 11) is 0. The van der Waals surface area contributed by atoms with Crippen LogP contribution in [0, 0.1) is 5.92 Å². The van der Waals surface area contributed by atoms with E-state index in [1.54, 1.807) is 4.90 Å². The van der Waals surface area contributed by atoms with E-state index >= 15 is 0 Å². The number of carbonyl (C=O) groups is 2. The van der Waals surface area contributed by atoms with Gasteiger partial charge in [0.1, 0.15) is 5.60 Å². The second-order valence-electron chi connectivity index (χ2n) is 6.67. The third-order valence-electron chi connectivity index (χ3n) is 3.99. The molecule has 2 fully saturated rings. The van der Waals surface area contributed by atoms with Crippen molar-refractivity contribution in [2.24, 2.45) is 5.92 Å². The molecule has 1 spiro atoms. The summed E-state index contributed by atoms with van der Waals surface area (Å²) in [4.78, 5) is 25.3. The van der Waals surface area contributed by atoms with Crippen molar-refractivity contribution in [3.8, 4) is 0 Å². The number of rotatable bonds is 1. The normalized spacial score (nSPS) is 25.8. The highest BCUT2D eigenvalue weighted by atomic mass is 16.6. The number of amides is 1. The summed E-state index contributed by atoms with van der Waals surface area (Å²) in [6.07, 6.45) is 1.43. The average Bonchev–Trinajstić information content (AvgIpc) is 2.67. The minimum atomic E-state index is -0.845. The van der Waals surface area contributed by atoms with Crippen LogP contribution in [0.25, 0.3) is 0 Å². The Hall–Kier alpha value is -1.30. The molecule has 0 aromatic heterocycles. The molecule has 114 valence electrons. The van der Waals surface area contributed by atoms with Crippen LogP contribution >= 0.6 is 0 Å². The van der Waals surface area contributed by atoms with Crippen molar-refractivity contribution in [2.75, 3.05) is 19.8 Å². The van der Waals surface area contributed by atoms with E-state index in [2.05, 4.69) is 0 Å². The van der Waals surface area contributed by atoms with Gasteiger partial charge in [-0.25, -0.2) is 4.79 Å². The van der Waals surface area contributed by atoms with Crippen molar-refractivity contribution in [1.82, 2.24) is 4.90 Å². The van der Waals surface area contributed by atoms with Gasteiger partial charge in [-0.15, -0.1) is 0 Å². The van der Waals surface area contributed by atoms with Gasteiger partial charge in [-0.05, 0) is 40.0 Å². The van der Waals surface area contributed by atoms with Gasteiger partial charge in [0.15, 0.2) is 0 Å². The number of hydrogen-bond donors (Lipinski definition) is 1. The highest BCUT2D eigenvalue weighted by molar-refractivity contribution is 5.75. The summed E-state index contributed by atoms with van der Waals surface area (Å²) in [6, 6.07) is 0. The minimum Gasteiger partial charge on any atom is -0.481 e. The molecule has 0 aliphatic carbocycles. The van der Waals surface area contributed by atoms with Crippen LogP contribution in [0.3, 0.4) is 0 Å². The largest absolute Gasteiger partial charge is 0.481 e. The summed E-state index contributed by atoms with van der Waals surface area (Å²) in [5, 5.41) is 9.25. The van der Waals surface area contributed by atoms with Crippen molar-refractivity contribution < 1.29 is 24.2 Å². The number of likely N-dealkylation sites (tertiary alicyclic amines) is 1. The van der Waals surface area contributed by atoms with Gasteiger partial charge in [-0.2, -0.15) is 0 Å². The van der Waals surface area contributed by atoms with Gasteiger partial charge >= 0.3 is 12.1 Å². The van der Waals surface area contributed by atoms with Crippen LogP contribution in [0.4, 0.5) is 4.79 Å². The Morgan fingerprint density at radius 1 is 1.30 bits per heavy atom. The molecule has 0 bridgehead atoms. The van der Waals surface area contributed by atoms with Crippen molar-refractivity contribution in [2.45, 2.75) is 51.2 Å². The molecule has 0 radical (unpaired) electrons. The summed E-state index contributed by atoms with van der Waals surface area (Å²) >= 11 is 0. The monoisotopic (exact) mass is 285 g/mol. The lowest BCUT2D eigenvalue weighted by molar-refractivity contribution is -0.141. The van der Waals surface area contributed by atoms with Crippen molar-refractivity contribution in [3.63, 3.8) is 0 Å². The Kier molecular flexibility index (Phi) is 3.95. The van der Waals surface area contributed by atoms with E-state index in [0.29, 0.717) is 32.5 Å². The van der Waals surface area contributed by atoms with Gasteiger partial charge in [0, 0.05) is 19.8 Å². The maximum Gasteiger partial charge on any atom is 0.410 e. The third kappa shape index (κ3) is 3.06. The number of aliphatic carboxylic acids is 1. The molecule has 1 amide bonds. The van der Waals surface area contributed by atoms with E-state index in [0.717, 1.165) is 0 Å². The number of carbonyl (C=O) groups excluding carboxylic acids is 1. The van der Waals surface area contributed by atoms with Crippen LogP contribution in [-0.2, 0) is 14.3 Å². The van der Waals surface area contributed by atoms with Gasteiger partial charge in [0.2, 0.25) is 0 Å². The summed E-state index contributed by atoms with van der Waals surface area (Å²) in [5.41, 5.74) is -0.992. The molecular weight excluding hydrogens is 262 g/mol. The number of nitrogens with zero attached hydrogens (tertiary/aromatic N) is 1. The minimum absolute atomic E-state index is 0.226. The fraction of sp³-hybridized carbons (Fsp3) is 0.857. The zero-order valence-electron chi connectivity index (χ0n) is 12.3. The fourth-order valence-electron chi connectivity index (χ4n) is 3.02. The van der Waals surface area contributed by atoms with Crippen molar-refractivity contribution in [3.05, 3.63) is 0 Å². The lowest BCUT2D eigenvalue weighted by Crippen LogP contribution is -2.51. The van der Waals surface area contributed by atoms with E-state index in [1.807, 2.05) is 20.8 Å². The van der Waals surface area contributed by atoms with Gasteiger partial charge in [-0.1, -0.05) is 0 Å². The molecule has 2 saturated heterocycles. The molecule has 1 N–H and O–H groups in total. The molecule has 0 aromatic rings. The van der Waals surface area contributed by atoms with E-state index in [4.69, 9.17) is 9.47 Å². The molecule has 2 aliphatic rings. The molecule has 20 heavy (non-hydrogen) atoms. The predicted octanol–water partition coefficient (Wildman–Crippen LogP) is 1.88. The Labute approximate surface area is 119 Å². The second-order valence-corrected chi connectivity index (χ2v) is 6.67. The van der Waals surface area contributed by atoms with Gasteiger partial charge in [0.05, 0.1) is 11.5 Å². The molecule has 1 atom stereocenters. The first kappa shape index (κ1) is 15.1. The van der Waals surface area contributed by atoms with E-state index in [9.17, 15) is 14.7 Å². The first-order valence-electron chi connectivity index (χ1n) is 7.05. The zero-order chi connectivity index (χ0) is 15.0. The molecule has 6 nitrogen and oxygen atoms in total. The quantitative estimate of drug-likeness (QED) is 0.796. The van der Waals surface area contributed by atoms with Crippen LogP contribution in [0.15, 0.2) is 0 Å². The summed E-state index contributed by atoms with van der Waals surface area (Å²) in [6.45, 7) is 6.78. The Balaban J connectivity index is 2.18. The lowest BCUT2D eigenvalue weighted by atomic mass is 9.85. The number of ether oxygens (including phenoxy) is 2. The Morgan fingerprint density at radius 3 is 2.40 bits per heavy atom. The first-order chi connectivity index (χ1) is 9.23. The molecule has 2 aliphatic heterocycles. The molecular formula is C14H23NO5. The van der Waals surface area contributed by atoms with Crippen LogP contribution in [0.1, 0.15) is 40.0 Å². The number of carboxylic acids is 1. The summed E-state index contributed by atoms with van der Waals surface area (Å²) in [5.74, 6) is -1.36. The van der Waals surface area contributed by atoms with Gasteiger partial charge in [0.25, 0.3) is 0 Å². The van der Waals surface area contributed by atoms with Crippen LogP contribution in [0.2, 0.25) is 0 Å². The number of hydrogen-bond acceptors (Lipinski definition) is 4. The van der Waals surface area contributed by atoms with E-state index < -0.39 is 29.1 Å². The van der Waals surface area contributed by atoms with E-state index in [-0.39, 0.29) is 6.54 Å². The number of carboxylic acid groups (broad SMARTS) is 1. The van der Waals surface area contributed by atoms with Crippen molar-refractivity contribution in [1.29, 1.82) is 0 Å². The molecule has 2 heterocycles. The second kappa shape index (κ2) is 5.24. The van der Waals surface area contributed by atoms with E-state index in [1.165, 1.54) is 0 Å². The highest BCUT2D eigenvalue weighted by Gasteiger charge is 2.51. The smallest absolute Gasteiger partial charge is 0.410 e. The molecule has 0 saturated carbocycles. The predicted molar refractivity (Wildman–Crippen MR) is 71.5 cm³/mol. The Morgan fingerprint density at radius 2 is 1.90 bits per heavy atom. The topological polar surface area (TPSA) is 76.1 Å². The summed E-state index contributed by atoms with van der Waals surface area (Å²) < 4.78 is 10.8. The van der Waals surface area contributed by atoms with Gasteiger partial charge < -0.3 is 19.5 Å².